The Labute approximate surface area is 101 Å². The highest BCUT2D eigenvalue weighted by molar-refractivity contribution is 9.10. The lowest BCUT2D eigenvalue weighted by atomic mass is 10.1. The van der Waals surface area contributed by atoms with Crippen LogP contribution < -0.4 is 0 Å². The molecular formula is C13H20BrN. The molecule has 0 atom stereocenters. The van der Waals surface area contributed by atoms with Crippen LogP contribution in [0.5, 0.6) is 0 Å². The average Bonchev–Trinajstić information content (AvgIpc) is 2.23. The van der Waals surface area contributed by atoms with E-state index in [-0.39, 0.29) is 0 Å². The van der Waals surface area contributed by atoms with E-state index in [1.165, 1.54) is 44.2 Å². The van der Waals surface area contributed by atoms with E-state index in [0.717, 1.165) is 11.0 Å². The number of aryl methyl sites for hydroxylation is 1. The number of rotatable bonds is 7. The molecule has 0 saturated carbocycles. The zero-order valence-electron chi connectivity index (χ0n) is 9.51. The molecule has 1 rings (SSSR count). The number of pyridine rings is 1. The van der Waals surface area contributed by atoms with Crippen molar-refractivity contribution in [1.82, 2.24) is 4.98 Å². The van der Waals surface area contributed by atoms with Crippen LogP contribution in [0, 0.1) is 0 Å². The number of hydrogen-bond donors (Lipinski definition) is 0. The molecule has 15 heavy (non-hydrogen) atoms. The van der Waals surface area contributed by atoms with Crippen molar-refractivity contribution in [3.63, 3.8) is 0 Å². The molecule has 2 heteroatoms. The lowest BCUT2D eigenvalue weighted by Gasteiger charge is -2.01. The Hall–Kier alpha value is -0.370. The molecule has 0 aliphatic heterocycles. The summed E-state index contributed by atoms with van der Waals surface area (Å²) in [6.07, 6.45) is 9.21. The summed E-state index contributed by atoms with van der Waals surface area (Å²) in [5.41, 5.74) is 1.21. The van der Waals surface area contributed by atoms with Gasteiger partial charge in [0.15, 0.2) is 0 Å². The first-order valence-electron chi connectivity index (χ1n) is 5.94. The van der Waals surface area contributed by atoms with Crippen molar-refractivity contribution in [3.05, 3.63) is 28.5 Å². The summed E-state index contributed by atoms with van der Waals surface area (Å²) >= 11 is 3.39. The predicted molar refractivity (Wildman–Crippen MR) is 69.0 cm³/mol. The second-order valence-corrected chi connectivity index (χ2v) is 4.78. The van der Waals surface area contributed by atoms with Crippen molar-refractivity contribution >= 4 is 15.9 Å². The van der Waals surface area contributed by atoms with Gasteiger partial charge < -0.3 is 0 Å². The third kappa shape index (κ3) is 5.93. The van der Waals surface area contributed by atoms with Crippen molar-refractivity contribution < 1.29 is 0 Å². The number of hydrogen-bond acceptors (Lipinski definition) is 1. The molecule has 1 nitrogen and oxygen atoms in total. The smallest absolute Gasteiger partial charge is 0.106 e. The molecule has 0 fully saturated rings. The molecule has 1 aromatic heterocycles. The van der Waals surface area contributed by atoms with Gasteiger partial charge in [-0.05, 0) is 40.9 Å². The average molecular weight is 270 g/mol. The Morgan fingerprint density at radius 2 is 1.80 bits per heavy atom. The zero-order valence-corrected chi connectivity index (χ0v) is 11.1. The molecule has 0 unspecified atom stereocenters. The van der Waals surface area contributed by atoms with Crippen LogP contribution >= 0.6 is 15.9 Å². The van der Waals surface area contributed by atoms with Crippen LogP contribution in [0.25, 0.3) is 0 Å². The first-order chi connectivity index (χ1) is 7.33. The van der Waals surface area contributed by atoms with Gasteiger partial charge in [-0.3, -0.25) is 0 Å². The highest BCUT2D eigenvalue weighted by Crippen LogP contribution is 2.11. The van der Waals surface area contributed by atoms with Crippen molar-refractivity contribution in [2.24, 2.45) is 0 Å². The van der Waals surface area contributed by atoms with Crippen LogP contribution in [0.15, 0.2) is 22.8 Å². The molecule has 0 aliphatic rings. The molecule has 1 heterocycles. The molecule has 0 spiro atoms. The van der Waals surface area contributed by atoms with E-state index in [2.05, 4.69) is 40.0 Å². The molecule has 0 saturated heterocycles. The molecular weight excluding hydrogens is 250 g/mol. The van der Waals surface area contributed by atoms with Gasteiger partial charge in [0.1, 0.15) is 4.60 Å². The van der Waals surface area contributed by atoms with Crippen LogP contribution in [0.2, 0.25) is 0 Å². The molecule has 84 valence electrons. The van der Waals surface area contributed by atoms with E-state index in [9.17, 15) is 0 Å². The van der Waals surface area contributed by atoms with E-state index >= 15 is 0 Å². The molecule has 0 amide bonds. The number of halogens is 1. The summed E-state index contributed by atoms with van der Waals surface area (Å²) in [5.74, 6) is 0. The third-order valence-corrected chi connectivity index (χ3v) is 3.00. The molecule has 1 aromatic rings. The quantitative estimate of drug-likeness (QED) is 0.514. The highest BCUT2D eigenvalue weighted by Gasteiger charge is 1.96. The van der Waals surface area contributed by atoms with Crippen molar-refractivity contribution in [2.75, 3.05) is 0 Å². The van der Waals surface area contributed by atoms with Gasteiger partial charge in [0.2, 0.25) is 0 Å². The number of nitrogens with zero attached hydrogens (tertiary/aromatic N) is 1. The predicted octanol–water partition coefficient (Wildman–Crippen LogP) is 4.75. The lowest BCUT2D eigenvalue weighted by Crippen LogP contribution is -1.90. The third-order valence-electron chi connectivity index (χ3n) is 2.56. The van der Waals surface area contributed by atoms with Gasteiger partial charge in [0, 0.05) is 5.69 Å². The van der Waals surface area contributed by atoms with Gasteiger partial charge in [0.25, 0.3) is 0 Å². The zero-order chi connectivity index (χ0) is 10.9. The maximum Gasteiger partial charge on any atom is 0.106 e. The Kier molecular flexibility index (Phi) is 6.66. The van der Waals surface area contributed by atoms with E-state index in [1.807, 2.05) is 6.07 Å². The van der Waals surface area contributed by atoms with E-state index < -0.39 is 0 Å². The standard InChI is InChI=1S/C13H20BrN/c1-2-3-4-5-6-7-9-12-10-8-11-13(14)15-12/h8,10-11H,2-7,9H2,1H3. The summed E-state index contributed by atoms with van der Waals surface area (Å²) in [5, 5.41) is 0. The normalized spacial score (nSPS) is 10.5. The minimum Gasteiger partial charge on any atom is -0.246 e. The molecule has 0 aliphatic carbocycles. The fraction of sp³-hybridized carbons (Fsp3) is 0.615. The summed E-state index contributed by atoms with van der Waals surface area (Å²) in [7, 11) is 0. The van der Waals surface area contributed by atoms with Crippen LogP contribution in [-0.4, -0.2) is 4.98 Å². The largest absolute Gasteiger partial charge is 0.246 e. The van der Waals surface area contributed by atoms with Crippen molar-refractivity contribution in [1.29, 1.82) is 0 Å². The maximum absolute atomic E-state index is 4.42. The highest BCUT2D eigenvalue weighted by atomic mass is 79.9. The Morgan fingerprint density at radius 3 is 2.53 bits per heavy atom. The Balaban J connectivity index is 2.10. The second-order valence-electron chi connectivity index (χ2n) is 3.97. The first-order valence-corrected chi connectivity index (χ1v) is 6.73. The SMILES string of the molecule is CCCCCCCCc1cccc(Br)n1. The number of unbranched alkanes of at least 4 members (excludes halogenated alkanes) is 5. The molecule has 0 radical (unpaired) electrons. The van der Waals surface area contributed by atoms with Crippen LogP contribution in [-0.2, 0) is 6.42 Å². The fourth-order valence-corrected chi connectivity index (χ4v) is 2.06. The van der Waals surface area contributed by atoms with Crippen LogP contribution in [0.1, 0.15) is 51.1 Å². The summed E-state index contributed by atoms with van der Waals surface area (Å²) < 4.78 is 0.950. The second kappa shape index (κ2) is 7.86. The Bertz CT molecular complexity index is 273. The van der Waals surface area contributed by atoms with Crippen LogP contribution in [0.4, 0.5) is 0 Å². The van der Waals surface area contributed by atoms with Crippen molar-refractivity contribution in [3.8, 4) is 0 Å². The van der Waals surface area contributed by atoms with E-state index in [4.69, 9.17) is 0 Å². The van der Waals surface area contributed by atoms with E-state index in [1.54, 1.807) is 0 Å². The monoisotopic (exact) mass is 269 g/mol. The minimum atomic E-state index is 0.950. The Morgan fingerprint density at radius 1 is 1.07 bits per heavy atom. The minimum absolute atomic E-state index is 0.950. The molecule has 0 bridgehead atoms. The van der Waals surface area contributed by atoms with Crippen LogP contribution in [0.3, 0.4) is 0 Å². The van der Waals surface area contributed by atoms with E-state index in [0.29, 0.717) is 0 Å². The van der Waals surface area contributed by atoms with Gasteiger partial charge >= 0.3 is 0 Å². The van der Waals surface area contributed by atoms with Gasteiger partial charge in [0.05, 0.1) is 0 Å². The van der Waals surface area contributed by atoms with Gasteiger partial charge in [-0.15, -0.1) is 0 Å². The molecule has 0 aromatic carbocycles. The van der Waals surface area contributed by atoms with Crippen molar-refractivity contribution in [2.45, 2.75) is 51.9 Å². The molecule has 0 N–H and O–H groups in total. The first kappa shape index (κ1) is 12.7. The summed E-state index contributed by atoms with van der Waals surface area (Å²) in [4.78, 5) is 4.42. The summed E-state index contributed by atoms with van der Waals surface area (Å²) in [6.45, 7) is 2.26. The topological polar surface area (TPSA) is 12.9 Å². The van der Waals surface area contributed by atoms with Gasteiger partial charge in [-0.25, -0.2) is 4.98 Å². The van der Waals surface area contributed by atoms with Gasteiger partial charge in [-0.1, -0.05) is 45.1 Å². The van der Waals surface area contributed by atoms with Gasteiger partial charge in [-0.2, -0.15) is 0 Å². The lowest BCUT2D eigenvalue weighted by molar-refractivity contribution is 0.604. The number of aromatic nitrogens is 1. The summed E-state index contributed by atoms with van der Waals surface area (Å²) in [6, 6.07) is 6.14. The maximum atomic E-state index is 4.42. The fourth-order valence-electron chi connectivity index (χ4n) is 1.68.